The van der Waals surface area contributed by atoms with Gasteiger partial charge in [-0.2, -0.15) is 28.5 Å². The number of alkyl halides is 3. The summed E-state index contributed by atoms with van der Waals surface area (Å²) in [5, 5.41) is 15.8. The topological polar surface area (TPSA) is 128 Å². The minimum absolute atomic E-state index is 0.00236. The molecule has 0 saturated heterocycles. The van der Waals surface area contributed by atoms with E-state index in [-0.39, 0.29) is 28.8 Å². The van der Waals surface area contributed by atoms with E-state index in [2.05, 4.69) is 31.4 Å². The minimum atomic E-state index is -4.67. The van der Waals surface area contributed by atoms with Gasteiger partial charge in [-0.05, 0) is 42.8 Å². The number of aromatic nitrogens is 5. The first-order valence-corrected chi connectivity index (χ1v) is 10.5. The van der Waals surface area contributed by atoms with E-state index in [0.717, 1.165) is 22.5 Å². The van der Waals surface area contributed by atoms with Gasteiger partial charge in [0.05, 0.1) is 25.9 Å². The van der Waals surface area contributed by atoms with Gasteiger partial charge in [0.2, 0.25) is 11.8 Å². The zero-order valence-corrected chi connectivity index (χ0v) is 19.7. The maximum atomic E-state index is 13.3. The molecule has 0 atom stereocenters. The van der Waals surface area contributed by atoms with Crippen molar-refractivity contribution in [3.63, 3.8) is 0 Å². The number of pyridine rings is 1. The average molecular weight is 509 g/mol. The molecule has 3 heterocycles. The summed E-state index contributed by atoms with van der Waals surface area (Å²) in [5.41, 5.74) is 1.12. The van der Waals surface area contributed by atoms with E-state index in [9.17, 15) is 23.2 Å². The van der Waals surface area contributed by atoms with Gasteiger partial charge in [0.1, 0.15) is 5.56 Å². The first kappa shape index (κ1) is 25.1. The normalized spacial score (nSPS) is 11.1. The van der Waals surface area contributed by atoms with E-state index in [0.29, 0.717) is 16.8 Å². The highest BCUT2D eigenvalue weighted by Crippen LogP contribution is 2.32. The zero-order valence-electron chi connectivity index (χ0n) is 19.7. The summed E-state index contributed by atoms with van der Waals surface area (Å²) in [5.74, 6) is -0.711. The number of benzene rings is 1. The quantitative estimate of drug-likeness (QED) is 0.375. The lowest BCUT2D eigenvalue weighted by molar-refractivity contribution is -0.141. The number of rotatable bonds is 6. The van der Waals surface area contributed by atoms with Crippen molar-refractivity contribution in [2.24, 2.45) is 0 Å². The Kier molecular flexibility index (Phi) is 6.75. The van der Waals surface area contributed by atoms with Crippen LogP contribution in [0.2, 0.25) is 0 Å². The SMILES string of the molecule is COC(=O)c1cc(-c2cnc(Nc3cc(C)cc(C#N)c3)nc2-n2ccc(C(F)(F)F)n2)cnc1OC. The number of hydrogen-bond acceptors (Lipinski definition) is 9. The van der Waals surface area contributed by atoms with Gasteiger partial charge >= 0.3 is 12.1 Å². The number of carbonyl (C=O) groups is 1. The molecule has 4 rings (SSSR count). The second kappa shape index (κ2) is 9.94. The molecular formula is C24H18F3N7O3. The summed E-state index contributed by atoms with van der Waals surface area (Å²) >= 11 is 0. The molecule has 0 amide bonds. The van der Waals surface area contributed by atoms with Crippen molar-refractivity contribution in [1.29, 1.82) is 5.26 Å². The van der Waals surface area contributed by atoms with Gasteiger partial charge in [0.15, 0.2) is 11.5 Å². The Morgan fingerprint density at radius 2 is 1.92 bits per heavy atom. The number of methoxy groups -OCH3 is 2. The molecule has 0 bridgehead atoms. The van der Waals surface area contributed by atoms with Crippen molar-refractivity contribution < 1.29 is 27.4 Å². The average Bonchev–Trinajstić information content (AvgIpc) is 3.38. The summed E-state index contributed by atoms with van der Waals surface area (Å²) in [4.78, 5) is 25.0. The molecule has 1 aromatic carbocycles. The molecule has 0 fully saturated rings. The number of ether oxygens (including phenoxy) is 2. The number of hydrogen-bond donors (Lipinski definition) is 1. The number of esters is 1. The maximum absolute atomic E-state index is 13.3. The molecular weight excluding hydrogens is 491 g/mol. The summed E-state index contributed by atoms with van der Waals surface area (Å²) in [7, 11) is 2.52. The summed E-state index contributed by atoms with van der Waals surface area (Å²) in [6.45, 7) is 1.80. The van der Waals surface area contributed by atoms with Crippen molar-refractivity contribution in [3.8, 4) is 28.9 Å². The first-order chi connectivity index (χ1) is 17.6. The molecule has 0 radical (unpaired) electrons. The van der Waals surface area contributed by atoms with Crippen molar-refractivity contribution >= 4 is 17.6 Å². The van der Waals surface area contributed by atoms with Crippen LogP contribution in [-0.2, 0) is 10.9 Å². The molecule has 13 heteroatoms. The van der Waals surface area contributed by atoms with Gasteiger partial charge in [-0.1, -0.05) is 0 Å². The molecule has 37 heavy (non-hydrogen) atoms. The predicted molar refractivity (Wildman–Crippen MR) is 124 cm³/mol. The Hall–Kier alpha value is -4.99. The molecule has 0 aliphatic rings. The molecule has 1 N–H and O–H groups in total. The monoisotopic (exact) mass is 509 g/mol. The highest BCUT2D eigenvalue weighted by Gasteiger charge is 2.34. The van der Waals surface area contributed by atoms with Gasteiger partial charge in [0.25, 0.3) is 0 Å². The molecule has 4 aromatic rings. The van der Waals surface area contributed by atoms with Crippen LogP contribution in [0.15, 0.2) is 48.9 Å². The summed E-state index contributed by atoms with van der Waals surface area (Å²) in [6, 6.07) is 9.29. The smallest absolute Gasteiger partial charge is 0.435 e. The van der Waals surface area contributed by atoms with E-state index in [1.54, 1.807) is 25.1 Å². The molecule has 0 aliphatic heterocycles. The van der Waals surface area contributed by atoms with E-state index in [1.165, 1.54) is 32.7 Å². The van der Waals surface area contributed by atoms with Gasteiger partial charge in [0, 0.05) is 35.4 Å². The fraction of sp³-hybridized carbons (Fsp3) is 0.167. The number of aryl methyl sites for hydroxylation is 1. The summed E-state index contributed by atoms with van der Waals surface area (Å²) < 4.78 is 50.6. The Labute approximate surface area is 208 Å². The van der Waals surface area contributed by atoms with Crippen molar-refractivity contribution in [1.82, 2.24) is 24.7 Å². The van der Waals surface area contributed by atoms with Crippen LogP contribution in [-0.4, -0.2) is 44.9 Å². The molecule has 3 aromatic heterocycles. The van der Waals surface area contributed by atoms with Crippen LogP contribution in [0.4, 0.5) is 24.8 Å². The van der Waals surface area contributed by atoms with Crippen molar-refractivity contribution in [2.45, 2.75) is 13.1 Å². The zero-order chi connectivity index (χ0) is 26.7. The Morgan fingerprint density at radius 3 is 2.57 bits per heavy atom. The third kappa shape index (κ3) is 5.32. The van der Waals surface area contributed by atoms with Crippen LogP contribution in [0.1, 0.15) is 27.2 Å². The van der Waals surface area contributed by atoms with Gasteiger partial charge in [-0.3, -0.25) is 0 Å². The molecule has 0 unspecified atom stereocenters. The molecule has 0 aliphatic carbocycles. The standard InChI is InChI=1S/C24H18F3N7O3/c1-13-6-14(10-28)8-16(7-13)31-23-30-12-18(15-9-17(22(35)37-3)21(36-2)29-11-15)20(32-23)34-5-4-19(33-34)24(25,26)27/h4-9,11-12H,1-3H3,(H,30,31,32). The number of halogens is 3. The summed E-state index contributed by atoms with van der Waals surface area (Å²) in [6.07, 6.45) is -0.856. The second-order valence-corrected chi connectivity index (χ2v) is 7.67. The highest BCUT2D eigenvalue weighted by atomic mass is 19.4. The lowest BCUT2D eigenvalue weighted by Gasteiger charge is -2.13. The number of anilines is 2. The Morgan fingerprint density at radius 1 is 1.14 bits per heavy atom. The van der Waals surface area contributed by atoms with Crippen molar-refractivity contribution in [2.75, 3.05) is 19.5 Å². The number of nitriles is 1. The van der Waals surface area contributed by atoms with Gasteiger partial charge < -0.3 is 14.8 Å². The fourth-order valence-corrected chi connectivity index (χ4v) is 3.47. The van der Waals surface area contributed by atoms with Crippen LogP contribution < -0.4 is 10.1 Å². The molecule has 188 valence electrons. The van der Waals surface area contributed by atoms with E-state index >= 15 is 0 Å². The molecule has 0 saturated carbocycles. The van der Waals surface area contributed by atoms with Gasteiger partial charge in [-0.25, -0.2) is 19.4 Å². The first-order valence-electron chi connectivity index (χ1n) is 10.5. The van der Waals surface area contributed by atoms with Gasteiger partial charge in [-0.15, -0.1) is 0 Å². The third-order valence-electron chi connectivity index (χ3n) is 5.09. The fourth-order valence-electron chi connectivity index (χ4n) is 3.47. The number of carbonyl (C=O) groups excluding carboxylic acids is 1. The lowest BCUT2D eigenvalue weighted by Crippen LogP contribution is -2.10. The lowest BCUT2D eigenvalue weighted by atomic mass is 10.1. The Balaban J connectivity index is 1.86. The maximum Gasteiger partial charge on any atom is 0.435 e. The van der Waals surface area contributed by atoms with Crippen LogP contribution in [0.5, 0.6) is 5.88 Å². The van der Waals surface area contributed by atoms with Crippen LogP contribution >= 0.6 is 0 Å². The van der Waals surface area contributed by atoms with Crippen LogP contribution in [0.25, 0.3) is 16.9 Å². The number of nitrogens with one attached hydrogen (secondary N) is 1. The highest BCUT2D eigenvalue weighted by molar-refractivity contribution is 5.93. The predicted octanol–water partition coefficient (Wildman–Crippen LogP) is 4.46. The molecule has 10 nitrogen and oxygen atoms in total. The minimum Gasteiger partial charge on any atom is -0.480 e. The van der Waals surface area contributed by atoms with Crippen LogP contribution in [0.3, 0.4) is 0 Å². The van der Waals surface area contributed by atoms with E-state index < -0.39 is 17.8 Å². The largest absolute Gasteiger partial charge is 0.480 e. The van der Waals surface area contributed by atoms with Crippen LogP contribution in [0, 0.1) is 18.3 Å². The second-order valence-electron chi connectivity index (χ2n) is 7.67. The third-order valence-corrected chi connectivity index (χ3v) is 5.09. The van der Waals surface area contributed by atoms with Crippen molar-refractivity contribution in [3.05, 3.63) is 71.3 Å². The number of nitrogens with zero attached hydrogens (tertiary/aromatic N) is 6. The Bertz CT molecular complexity index is 1530. The van der Waals surface area contributed by atoms with E-state index in [4.69, 9.17) is 9.47 Å². The molecule has 0 spiro atoms. The van der Waals surface area contributed by atoms with E-state index in [1.807, 2.05) is 0 Å².